The summed E-state index contributed by atoms with van der Waals surface area (Å²) < 4.78 is 4.96. The van der Waals surface area contributed by atoms with Crippen molar-refractivity contribution in [2.45, 2.75) is 6.54 Å². The highest BCUT2D eigenvalue weighted by molar-refractivity contribution is 5.81. The predicted molar refractivity (Wildman–Crippen MR) is 75.5 cm³/mol. The first-order valence-corrected chi connectivity index (χ1v) is 6.70. The van der Waals surface area contributed by atoms with Crippen LogP contribution in [-0.4, -0.2) is 67.7 Å². The Morgan fingerprint density at radius 2 is 2.10 bits per heavy atom. The van der Waals surface area contributed by atoms with Crippen LogP contribution in [-0.2, 0) is 16.1 Å². The fraction of sp³-hybridized carbons (Fsp3) is 0.615. The van der Waals surface area contributed by atoms with Crippen LogP contribution in [0.4, 0.5) is 5.95 Å². The van der Waals surface area contributed by atoms with Crippen LogP contribution in [0.2, 0.25) is 0 Å². The van der Waals surface area contributed by atoms with Gasteiger partial charge >= 0.3 is 0 Å². The Hall–Kier alpha value is -1.73. The van der Waals surface area contributed by atoms with Crippen molar-refractivity contribution in [3.63, 3.8) is 0 Å². The van der Waals surface area contributed by atoms with Crippen LogP contribution in [0.3, 0.4) is 0 Å². The normalized spacial score (nSPS) is 15.8. The molecule has 110 valence electrons. The number of hydrogen-bond acceptors (Lipinski definition) is 6. The first-order valence-electron chi connectivity index (χ1n) is 6.70. The fourth-order valence-electron chi connectivity index (χ4n) is 1.94. The highest BCUT2D eigenvalue weighted by Crippen LogP contribution is 2.10. The molecule has 1 aliphatic heterocycles. The molecule has 2 heterocycles. The monoisotopic (exact) mass is 279 g/mol. The molecule has 1 amide bonds. The molecule has 0 saturated carbocycles. The van der Waals surface area contributed by atoms with Crippen LogP contribution in [0.1, 0.15) is 5.56 Å². The van der Waals surface area contributed by atoms with Gasteiger partial charge in [-0.1, -0.05) is 0 Å². The quantitative estimate of drug-likeness (QED) is 0.707. The number of rotatable bonds is 6. The van der Waals surface area contributed by atoms with E-state index >= 15 is 0 Å². The van der Waals surface area contributed by atoms with Gasteiger partial charge in [0.05, 0.1) is 13.2 Å². The molecule has 1 aromatic rings. The summed E-state index contributed by atoms with van der Waals surface area (Å²) in [6, 6.07) is 0. The van der Waals surface area contributed by atoms with E-state index in [-0.39, 0.29) is 5.91 Å². The molecule has 20 heavy (non-hydrogen) atoms. The van der Waals surface area contributed by atoms with E-state index in [1.807, 2.05) is 11.9 Å². The van der Waals surface area contributed by atoms with Gasteiger partial charge in [-0.2, -0.15) is 0 Å². The van der Waals surface area contributed by atoms with Crippen LogP contribution in [0, 0.1) is 0 Å². The summed E-state index contributed by atoms with van der Waals surface area (Å²) in [6.07, 6.45) is 3.59. The smallest absolute Gasteiger partial charge is 0.242 e. The molecule has 0 bridgehead atoms. The van der Waals surface area contributed by atoms with Crippen LogP contribution in [0.25, 0.3) is 0 Å². The Balaban J connectivity index is 1.86. The molecule has 0 spiro atoms. The average molecular weight is 279 g/mol. The van der Waals surface area contributed by atoms with E-state index in [1.165, 1.54) is 0 Å². The molecule has 2 rings (SSSR count). The number of ether oxygens (including phenoxy) is 1. The molecular weight excluding hydrogens is 258 g/mol. The number of methoxy groups -OCH3 is 1. The topological polar surface area (TPSA) is 70.6 Å². The second kappa shape index (κ2) is 7.16. The Morgan fingerprint density at radius 1 is 1.35 bits per heavy atom. The summed E-state index contributed by atoms with van der Waals surface area (Å²) in [5.41, 5.74) is 1.02. The van der Waals surface area contributed by atoms with Gasteiger partial charge in [-0.25, -0.2) is 9.97 Å². The second-order valence-corrected chi connectivity index (χ2v) is 4.80. The third kappa shape index (κ3) is 3.88. The maximum atomic E-state index is 11.7. The van der Waals surface area contributed by atoms with E-state index in [0.29, 0.717) is 32.2 Å². The Morgan fingerprint density at radius 3 is 2.75 bits per heavy atom. The summed E-state index contributed by atoms with van der Waals surface area (Å²) in [7, 11) is 3.49. The molecular formula is C13H21N5O2. The van der Waals surface area contributed by atoms with Gasteiger partial charge in [-0.3, -0.25) is 4.79 Å². The van der Waals surface area contributed by atoms with Crippen molar-refractivity contribution in [1.29, 1.82) is 0 Å². The average Bonchev–Trinajstić information content (AvgIpc) is 2.47. The standard InChI is InChI=1S/C13H21N5O2/c1-17-4-5-18(10-12(17)19)13-15-8-11(9-16-13)7-14-3-6-20-2/h8-9,14H,3-7,10H2,1-2H3. The molecule has 7 heteroatoms. The Bertz CT molecular complexity index is 437. The summed E-state index contributed by atoms with van der Waals surface area (Å²) in [6.45, 7) is 4.02. The van der Waals surface area contributed by atoms with E-state index in [4.69, 9.17) is 4.74 Å². The molecule has 0 unspecified atom stereocenters. The predicted octanol–water partition coefficient (Wildman–Crippen LogP) is -0.509. The van der Waals surface area contributed by atoms with Gasteiger partial charge in [-0.05, 0) is 0 Å². The van der Waals surface area contributed by atoms with Crippen molar-refractivity contribution in [3.05, 3.63) is 18.0 Å². The lowest BCUT2D eigenvalue weighted by atomic mass is 10.3. The first-order chi connectivity index (χ1) is 9.70. The number of likely N-dealkylation sites (N-methyl/N-ethyl adjacent to an activating group) is 1. The molecule has 0 aromatic carbocycles. The van der Waals surface area contributed by atoms with E-state index in [9.17, 15) is 4.79 Å². The summed E-state index contributed by atoms with van der Waals surface area (Å²) in [4.78, 5) is 24.0. The zero-order valence-corrected chi connectivity index (χ0v) is 12.0. The lowest BCUT2D eigenvalue weighted by molar-refractivity contribution is -0.129. The van der Waals surface area contributed by atoms with Gasteiger partial charge in [0.15, 0.2) is 0 Å². The first kappa shape index (κ1) is 14.7. The summed E-state index contributed by atoms with van der Waals surface area (Å²) in [5, 5.41) is 3.24. The van der Waals surface area contributed by atoms with E-state index in [2.05, 4.69) is 15.3 Å². The molecule has 0 aliphatic carbocycles. The van der Waals surface area contributed by atoms with Gasteiger partial charge < -0.3 is 19.9 Å². The number of aromatic nitrogens is 2. The van der Waals surface area contributed by atoms with Crippen molar-refractivity contribution in [1.82, 2.24) is 20.2 Å². The minimum Gasteiger partial charge on any atom is -0.383 e. The highest BCUT2D eigenvalue weighted by atomic mass is 16.5. The maximum absolute atomic E-state index is 11.7. The van der Waals surface area contributed by atoms with Gasteiger partial charge in [0.1, 0.15) is 0 Å². The number of carbonyl (C=O) groups excluding carboxylic acids is 1. The van der Waals surface area contributed by atoms with Crippen LogP contribution >= 0.6 is 0 Å². The number of amides is 1. The number of anilines is 1. The molecule has 1 aliphatic rings. The van der Waals surface area contributed by atoms with Gasteiger partial charge in [0, 0.05) is 58.3 Å². The number of piperazine rings is 1. The molecule has 0 atom stereocenters. The largest absolute Gasteiger partial charge is 0.383 e. The minimum absolute atomic E-state index is 0.102. The number of nitrogens with zero attached hydrogens (tertiary/aromatic N) is 4. The maximum Gasteiger partial charge on any atom is 0.242 e. The van der Waals surface area contributed by atoms with E-state index < -0.39 is 0 Å². The molecule has 1 saturated heterocycles. The Labute approximate surface area is 118 Å². The Kier molecular flexibility index (Phi) is 5.25. The fourth-order valence-corrected chi connectivity index (χ4v) is 1.94. The molecule has 0 radical (unpaired) electrons. The van der Waals surface area contributed by atoms with Crippen molar-refractivity contribution in [3.8, 4) is 0 Å². The summed E-state index contributed by atoms with van der Waals surface area (Å²) in [5.74, 6) is 0.720. The van der Waals surface area contributed by atoms with Crippen LogP contribution in [0.15, 0.2) is 12.4 Å². The number of nitrogens with one attached hydrogen (secondary N) is 1. The van der Waals surface area contributed by atoms with Crippen molar-refractivity contribution in [2.24, 2.45) is 0 Å². The van der Waals surface area contributed by atoms with Crippen LogP contribution < -0.4 is 10.2 Å². The third-order valence-corrected chi connectivity index (χ3v) is 3.24. The molecule has 1 N–H and O–H groups in total. The lowest BCUT2D eigenvalue weighted by Gasteiger charge is -2.31. The molecule has 1 fully saturated rings. The number of carbonyl (C=O) groups is 1. The number of hydrogen-bond donors (Lipinski definition) is 1. The minimum atomic E-state index is 0.102. The van der Waals surface area contributed by atoms with Gasteiger partial charge in [0.2, 0.25) is 11.9 Å². The highest BCUT2D eigenvalue weighted by Gasteiger charge is 2.22. The molecule has 7 nitrogen and oxygen atoms in total. The van der Waals surface area contributed by atoms with E-state index in [0.717, 1.165) is 18.7 Å². The third-order valence-electron chi connectivity index (χ3n) is 3.24. The second-order valence-electron chi connectivity index (χ2n) is 4.80. The zero-order valence-electron chi connectivity index (χ0n) is 12.0. The van der Waals surface area contributed by atoms with E-state index in [1.54, 1.807) is 24.4 Å². The van der Waals surface area contributed by atoms with Gasteiger partial charge in [0.25, 0.3) is 0 Å². The van der Waals surface area contributed by atoms with Crippen molar-refractivity contribution in [2.75, 3.05) is 51.8 Å². The van der Waals surface area contributed by atoms with Crippen LogP contribution in [0.5, 0.6) is 0 Å². The zero-order chi connectivity index (χ0) is 14.4. The van der Waals surface area contributed by atoms with Crippen molar-refractivity contribution >= 4 is 11.9 Å². The lowest BCUT2D eigenvalue weighted by Crippen LogP contribution is -2.49. The SMILES string of the molecule is COCCNCc1cnc(N2CCN(C)C(=O)C2)nc1. The molecule has 1 aromatic heterocycles. The van der Waals surface area contributed by atoms with Crippen molar-refractivity contribution < 1.29 is 9.53 Å². The summed E-state index contributed by atoms with van der Waals surface area (Å²) >= 11 is 0. The van der Waals surface area contributed by atoms with Gasteiger partial charge in [-0.15, -0.1) is 0 Å².